The van der Waals surface area contributed by atoms with Gasteiger partial charge in [-0.05, 0) is 77.9 Å². The molecule has 4 aromatic rings. The molecule has 10 heteroatoms. The molecular weight excluding hydrogens is 598 g/mol. The number of carbonyl (C=O) groups is 2. The van der Waals surface area contributed by atoms with Crippen molar-refractivity contribution in [3.8, 4) is 11.1 Å². The lowest BCUT2D eigenvalue weighted by Gasteiger charge is -2.30. The van der Waals surface area contributed by atoms with Crippen molar-refractivity contribution in [1.29, 1.82) is 0 Å². The lowest BCUT2D eigenvalue weighted by atomic mass is 9.90. The van der Waals surface area contributed by atoms with Crippen LogP contribution in [-0.2, 0) is 27.8 Å². The first-order valence-electron chi connectivity index (χ1n) is 15.5. The third kappa shape index (κ3) is 5.78. The van der Waals surface area contributed by atoms with Crippen LogP contribution in [0.4, 0.5) is 0 Å². The van der Waals surface area contributed by atoms with Gasteiger partial charge in [-0.1, -0.05) is 42.5 Å². The number of nitrogens with zero attached hydrogens (tertiary/aromatic N) is 4. The van der Waals surface area contributed by atoms with E-state index in [4.69, 9.17) is 0 Å². The van der Waals surface area contributed by atoms with Crippen LogP contribution in [0.2, 0.25) is 0 Å². The molecule has 238 valence electrons. The Hall–Kier alpha value is -4.54. The van der Waals surface area contributed by atoms with Crippen molar-refractivity contribution in [2.75, 3.05) is 34.2 Å². The fourth-order valence-electron chi connectivity index (χ4n) is 6.31. The Morgan fingerprint density at radius 2 is 1.80 bits per heavy atom. The van der Waals surface area contributed by atoms with Gasteiger partial charge in [0.15, 0.2) is 5.65 Å². The summed E-state index contributed by atoms with van der Waals surface area (Å²) in [6.07, 6.45) is 10.7. The molecular formula is C36H39N5O4S. The average Bonchev–Trinajstić information content (AvgIpc) is 3.47. The van der Waals surface area contributed by atoms with E-state index in [9.17, 15) is 18.0 Å². The van der Waals surface area contributed by atoms with Gasteiger partial charge in [-0.25, -0.2) is 17.4 Å². The van der Waals surface area contributed by atoms with E-state index in [1.165, 1.54) is 20.0 Å². The summed E-state index contributed by atoms with van der Waals surface area (Å²) < 4.78 is 29.2. The van der Waals surface area contributed by atoms with Crippen molar-refractivity contribution in [3.05, 3.63) is 107 Å². The molecule has 2 aromatic carbocycles. The predicted octanol–water partition coefficient (Wildman–Crippen LogP) is 4.88. The monoisotopic (exact) mass is 637 g/mol. The Morgan fingerprint density at radius 3 is 2.54 bits per heavy atom. The zero-order chi connectivity index (χ0) is 32.6. The van der Waals surface area contributed by atoms with Gasteiger partial charge >= 0.3 is 0 Å². The SMILES string of the molecule is CNC(=O)CCN1CCc2ccc(C3=CC(C)(S(=O)(=O)n4cc(-c5ccc(C(=O)N(C)C)cc5)c5cccnc54)CC=C3)cc2C1. The standard InChI is InChI=1S/C36H39N5O4S/c1-36(17-5-7-29(22-36)28-14-9-25-15-19-40(23-30(25)21-28)20-16-33(42)37-2)46(44,45)41-24-32(31-8-6-18-38-34(31)41)26-10-12-27(13-11-26)35(43)39(3)4/h5-14,18,21-22,24H,15-17,19-20,23H2,1-4H3,(H,37,42). The maximum atomic E-state index is 14.5. The molecule has 0 saturated carbocycles. The number of aromatic nitrogens is 2. The first-order valence-corrected chi connectivity index (χ1v) is 16.9. The first kappa shape index (κ1) is 31.4. The number of benzene rings is 2. The molecule has 0 radical (unpaired) electrons. The van der Waals surface area contributed by atoms with Gasteiger partial charge < -0.3 is 10.2 Å². The smallest absolute Gasteiger partial charge is 0.253 e. The summed E-state index contributed by atoms with van der Waals surface area (Å²) in [6.45, 7) is 4.12. The highest BCUT2D eigenvalue weighted by molar-refractivity contribution is 7.91. The molecule has 1 unspecified atom stereocenters. The van der Waals surface area contributed by atoms with E-state index in [0.29, 0.717) is 36.0 Å². The number of nitrogens with one attached hydrogen (secondary N) is 1. The summed E-state index contributed by atoms with van der Waals surface area (Å²) in [4.78, 5) is 32.5. The van der Waals surface area contributed by atoms with Crippen molar-refractivity contribution < 1.29 is 18.0 Å². The molecule has 1 aliphatic heterocycles. The van der Waals surface area contributed by atoms with Gasteiger partial charge in [0.2, 0.25) is 15.9 Å². The zero-order valence-electron chi connectivity index (χ0n) is 26.7. The van der Waals surface area contributed by atoms with Crippen molar-refractivity contribution in [2.24, 2.45) is 0 Å². The number of fused-ring (bicyclic) bond motifs is 2. The number of rotatable bonds is 8. The highest BCUT2D eigenvalue weighted by Gasteiger charge is 2.41. The maximum Gasteiger partial charge on any atom is 0.253 e. The second-order valence-electron chi connectivity index (χ2n) is 12.4. The summed E-state index contributed by atoms with van der Waals surface area (Å²) in [6, 6.07) is 17.2. The van der Waals surface area contributed by atoms with Gasteiger partial charge in [-0.2, -0.15) is 0 Å². The highest BCUT2D eigenvalue weighted by atomic mass is 32.2. The first-order chi connectivity index (χ1) is 22.0. The van der Waals surface area contributed by atoms with Gasteiger partial charge in [0.1, 0.15) is 4.75 Å². The molecule has 46 heavy (non-hydrogen) atoms. The Morgan fingerprint density at radius 1 is 1.04 bits per heavy atom. The number of hydrogen-bond acceptors (Lipinski definition) is 6. The van der Waals surface area contributed by atoms with Crippen LogP contribution in [0.15, 0.2) is 85.2 Å². The van der Waals surface area contributed by atoms with Gasteiger partial charge in [0.25, 0.3) is 5.91 Å². The number of carbonyl (C=O) groups excluding carboxylic acids is 2. The Bertz CT molecular complexity index is 1990. The summed E-state index contributed by atoms with van der Waals surface area (Å²) >= 11 is 0. The van der Waals surface area contributed by atoms with E-state index in [-0.39, 0.29) is 11.8 Å². The second-order valence-corrected chi connectivity index (χ2v) is 14.7. The van der Waals surface area contributed by atoms with Crippen LogP contribution < -0.4 is 5.32 Å². The van der Waals surface area contributed by atoms with E-state index in [0.717, 1.165) is 41.8 Å². The Balaban J connectivity index is 1.33. The molecule has 2 aromatic heterocycles. The summed E-state index contributed by atoms with van der Waals surface area (Å²) in [5.74, 6) is -0.0684. The quantitative estimate of drug-likeness (QED) is 0.296. The van der Waals surface area contributed by atoms with Crippen molar-refractivity contribution in [1.82, 2.24) is 24.1 Å². The highest BCUT2D eigenvalue weighted by Crippen LogP contribution is 2.39. The van der Waals surface area contributed by atoms with E-state index < -0.39 is 14.8 Å². The van der Waals surface area contributed by atoms with Crippen LogP contribution in [0.25, 0.3) is 27.7 Å². The van der Waals surface area contributed by atoms with E-state index in [1.807, 2.05) is 36.4 Å². The molecule has 2 aliphatic rings. The number of pyridine rings is 1. The largest absolute Gasteiger partial charge is 0.359 e. The van der Waals surface area contributed by atoms with Crippen molar-refractivity contribution >= 4 is 38.4 Å². The lowest BCUT2D eigenvalue weighted by Crippen LogP contribution is -2.38. The lowest BCUT2D eigenvalue weighted by molar-refractivity contribution is -0.121. The molecule has 0 fully saturated rings. The van der Waals surface area contributed by atoms with E-state index in [2.05, 4.69) is 33.4 Å². The molecule has 1 aliphatic carbocycles. The molecule has 3 heterocycles. The topological polar surface area (TPSA) is 105 Å². The summed E-state index contributed by atoms with van der Waals surface area (Å²) in [5.41, 5.74) is 6.75. The number of amides is 2. The van der Waals surface area contributed by atoms with Crippen molar-refractivity contribution in [3.63, 3.8) is 0 Å². The van der Waals surface area contributed by atoms with E-state index >= 15 is 0 Å². The molecule has 6 rings (SSSR count). The number of allylic oxidation sites excluding steroid dienone is 3. The molecule has 1 atom stereocenters. The fourth-order valence-corrected chi connectivity index (χ4v) is 7.95. The number of hydrogen-bond donors (Lipinski definition) is 1. The minimum absolute atomic E-state index is 0.0322. The van der Waals surface area contributed by atoms with Crippen LogP contribution in [0.5, 0.6) is 0 Å². The third-order valence-corrected chi connectivity index (χ3v) is 11.3. The van der Waals surface area contributed by atoms with Crippen LogP contribution in [-0.4, -0.2) is 78.0 Å². The Kier molecular flexibility index (Phi) is 8.43. The third-order valence-electron chi connectivity index (χ3n) is 9.08. The average molecular weight is 638 g/mol. The van der Waals surface area contributed by atoms with Gasteiger partial charge in [0, 0.05) is 76.1 Å². The van der Waals surface area contributed by atoms with Gasteiger partial charge in [0.05, 0.1) is 0 Å². The van der Waals surface area contributed by atoms with Crippen molar-refractivity contribution in [2.45, 2.75) is 37.5 Å². The predicted molar refractivity (Wildman–Crippen MR) is 182 cm³/mol. The second kappa shape index (κ2) is 12.3. The normalized spacial score (nSPS) is 18.2. The summed E-state index contributed by atoms with van der Waals surface area (Å²) in [5, 5.41) is 3.40. The summed E-state index contributed by atoms with van der Waals surface area (Å²) in [7, 11) is 1.09. The Labute approximate surface area is 270 Å². The molecule has 1 N–H and O–H groups in total. The molecule has 2 amide bonds. The molecule has 0 saturated heterocycles. The van der Waals surface area contributed by atoms with Gasteiger partial charge in [-0.15, -0.1) is 0 Å². The zero-order valence-corrected chi connectivity index (χ0v) is 27.5. The van der Waals surface area contributed by atoms with Crippen LogP contribution in [0.1, 0.15) is 46.8 Å². The van der Waals surface area contributed by atoms with E-state index in [1.54, 1.807) is 58.7 Å². The van der Waals surface area contributed by atoms with Crippen LogP contribution in [0.3, 0.4) is 0 Å². The maximum absolute atomic E-state index is 14.5. The van der Waals surface area contributed by atoms with Crippen LogP contribution in [0, 0.1) is 0 Å². The molecule has 9 nitrogen and oxygen atoms in total. The fraction of sp³-hybridized carbons (Fsp3) is 0.306. The molecule has 0 spiro atoms. The minimum Gasteiger partial charge on any atom is -0.359 e. The molecule has 0 bridgehead atoms. The van der Waals surface area contributed by atoms with Crippen LogP contribution >= 0.6 is 0 Å². The van der Waals surface area contributed by atoms with Gasteiger partial charge in [-0.3, -0.25) is 14.5 Å². The minimum atomic E-state index is -3.97.